The van der Waals surface area contributed by atoms with Crippen LogP contribution in [0.1, 0.15) is 43.4 Å². The van der Waals surface area contributed by atoms with Gasteiger partial charge in [0.1, 0.15) is 0 Å². The number of hydrogen-bond donors (Lipinski definition) is 0. The Balaban J connectivity index is 2.08. The van der Waals surface area contributed by atoms with Gasteiger partial charge in [0.15, 0.2) is 6.29 Å². The molecule has 2 nitrogen and oxygen atoms in total. The van der Waals surface area contributed by atoms with E-state index in [0.29, 0.717) is 5.41 Å². The first-order valence-corrected chi connectivity index (χ1v) is 6.74. The van der Waals surface area contributed by atoms with E-state index < -0.39 is 0 Å². The minimum absolute atomic E-state index is 0.0914. The zero-order chi connectivity index (χ0) is 13.2. The zero-order valence-electron chi connectivity index (χ0n) is 12.0. The Kier molecular flexibility index (Phi) is 4.08. The molecule has 2 rings (SSSR count). The van der Waals surface area contributed by atoms with Crippen molar-refractivity contribution >= 4 is 0 Å². The molecule has 1 aliphatic carbocycles. The van der Waals surface area contributed by atoms with Crippen LogP contribution in [0.25, 0.3) is 0 Å². The summed E-state index contributed by atoms with van der Waals surface area (Å²) in [5.41, 5.74) is 4.79. The monoisotopic (exact) mass is 248 g/mol. The third-order valence-electron chi connectivity index (χ3n) is 4.12. The topological polar surface area (TPSA) is 18.5 Å². The largest absolute Gasteiger partial charge is 0.356 e. The van der Waals surface area contributed by atoms with Gasteiger partial charge in [0, 0.05) is 20.6 Å². The van der Waals surface area contributed by atoms with Gasteiger partial charge < -0.3 is 9.47 Å². The smallest absolute Gasteiger partial charge is 0.157 e. The molecule has 100 valence electrons. The molecule has 0 bridgehead atoms. The van der Waals surface area contributed by atoms with Crippen LogP contribution in [0.4, 0.5) is 0 Å². The fraction of sp³-hybridized carbons (Fsp3) is 0.625. The normalized spacial score (nSPS) is 17.2. The van der Waals surface area contributed by atoms with E-state index >= 15 is 0 Å². The number of rotatable bonds is 5. The molecule has 0 saturated heterocycles. The molecular formula is C16H24O2. The second kappa shape index (κ2) is 5.41. The van der Waals surface area contributed by atoms with Crippen LogP contribution in [0.3, 0.4) is 0 Å². The van der Waals surface area contributed by atoms with E-state index in [1.807, 2.05) is 0 Å². The molecule has 0 aromatic heterocycles. The van der Waals surface area contributed by atoms with Crippen molar-refractivity contribution < 1.29 is 9.47 Å². The van der Waals surface area contributed by atoms with Crippen LogP contribution in [0.2, 0.25) is 0 Å². The molecule has 0 heterocycles. The van der Waals surface area contributed by atoms with Gasteiger partial charge in [0.25, 0.3) is 0 Å². The molecule has 1 aromatic carbocycles. The minimum atomic E-state index is -0.0914. The number of hydrogen-bond acceptors (Lipinski definition) is 2. The predicted octanol–water partition coefficient (Wildman–Crippen LogP) is 3.46. The van der Waals surface area contributed by atoms with E-state index in [2.05, 4.69) is 32.0 Å². The molecule has 0 fully saturated rings. The molecule has 2 heteroatoms. The summed E-state index contributed by atoms with van der Waals surface area (Å²) in [4.78, 5) is 0. The summed E-state index contributed by atoms with van der Waals surface area (Å²) in [6, 6.07) is 6.93. The van der Waals surface area contributed by atoms with Gasteiger partial charge >= 0.3 is 0 Å². The molecule has 0 unspecified atom stereocenters. The Bertz CT molecular complexity index is 406. The molecule has 0 N–H and O–H groups in total. The van der Waals surface area contributed by atoms with Gasteiger partial charge in [-0.05, 0) is 41.4 Å². The van der Waals surface area contributed by atoms with E-state index in [0.717, 1.165) is 12.8 Å². The highest BCUT2D eigenvalue weighted by Crippen LogP contribution is 2.38. The quantitative estimate of drug-likeness (QED) is 0.743. The van der Waals surface area contributed by atoms with E-state index in [4.69, 9.17) is 9.47 Å². The number of methoxy groups -OCH3 is 2. The Morgan fingerprint density at radius 1 is 1.22 bits per heavy atom. The lowest BCUT2D eigenvalue weighted by molar-refractivity contribution is -0.105. The number of aryl methyl sites for hydroxylation is 2. The number of fused-ring (bicyclic) bond motifs is 1. The van der Waals surface area contributed by atoms with Crippen LogP contribution in [-0.4, -0.2) is 20.5 Å². The molecule has 0 spiro atoms. The number of ether oxygens (including phenoxy) is 2. The van der Waals surface area contributed by atoms with E-state index in [1.54, 1.807) is 14.2 Å². The third-order valence-corrected chi connectivity index (χ3v) is 4.12. The van der Waals surface area contributed by atoms with E-state index in [9.17, 15) is 0 Å². The lowest BCUT2D eigenvalue weighted by Crippen LogP contribution is -2.14. The van der Waals surface area contributed by atoms with Gasteiger partial charge in [0.05, 0.1) is 0 Å². The first-order valence-electron chi connectivity index (χ1n) is 6.74. The fourth-order valence-electron chi connectivity index (χ4n) is 2.83. The second-order valence-corrected chi connectivity index (χ2v) is 5.82. The average Bonchev–Trinajstić information content (AvgIpc) is 2.67. The zero-order valence-corrected chi connectivity index (χ0v) is 12.0. The first kappa shape index (κ1) is 13.6. The van der Waals surface area contributed by atoms with Gasteiger partial charge in [-0.1, -0.05) is 32.0 Å². The minimum Gasteiger partial charge on any atom is -0.356 e. The molecule has 0 amide bonds. The van der Waals surface area contributed by atoms with Crippen LogP contribution in [0.15, 0.2) is 18.2 Å². The van der Waals surface area contributed by atoms with Crippen molar-refractivity contribution in [3.8, 4) is 0 Å². The molecule has 18 heavy (non-hydrogen) atoms. The van der Waals surface area contributed by atoms with Crippen LogP contribution < -0.4 is 0 Å². The SMILES string of the molecule is COC(CCc1ccc2c(c1)C(C)(C)CC2)OC. The van der Waals surface area contributed by atoms with Crippen LogP contribution in [-0.2, 0) is 27.7 Å². The Hall–Kier alpha value is -0.860. The van der Waals surface area contributed by atoms with Gasteiger partial charge in [-0.15, -0.1) is 0 Å². The summed E-state index contributed by atoms with van der Waals surface area (Å²) in [7, 11) is 3.39. The molecule has 1 aliphatic rings. The lowest BCUT2D eigenvalue weighted by atomic mass is 9.85. The van der Waals surface area contributed by atoms with Crippen LogP contribution in [0, 0.1) is 0 Å². The van der Waals surface area contributed by atoms with Crippen molar-refractivity contribution in [2.75, 3.05) is 14.2 Å². The van der Waals surface area contributed by atoms with Gasteiger partial charge in [-0.3, -0.25) is 0 Å². The van der Waals surface area contributed by atoms with E-state index in [-0.39, 0.29) is 6.29 Å². The van der Waals surface area contributed by atoms with Crippen molar-refractivity contribution in [2.45, 2.75) is 51.2 Å². The Morgan fingerprint density at radius 3 is 2.61 bits per heavy atom. The average molecular weight is 248 g/mol. The van der Waals surface area contributed by atoms with E-state index in [1.165, 1.54) is 29.5 Å². The summed E-state index contributed by atoms with van der Waals surface area (Å²) in [6.45, 7) is 4.69. The van der Waals surface area contributed by atoms with Crippen molar-refractivity contribution in [1.82, 2.24) is 0 Å². The lowest BCUT2D eigenvalue weighted by Gasteiger charge is -2.20. The predicted molar refractivity (Wildman–Crippen MR) is 73.9 cm³/mol. The fourth-order valence-corrected chi connectivity index (χ4v) is 2.83. The first-order chi connectivity index (χ1) is 8.56. The highest BCUT2D eigenvalue weighted by atomic mass is 16.7. The van der Waals surface area contributed by atoms with Gasteiger partial charge in [0.2, 0.25) is 0 Å². The molecule has 0 aliphatic heterocycles. The van der Waals surface area contributed by atoms with Gasteiger partial charge in [-0.2, -0.15) is 0 Å². The maximum absolute atomic E-state index is 5.23. The van der Waals surface area contributed by atoms with Gasteiger partial charge in [-0.25, -0.2) is 0 Å². The van der Waals surface area contributed by atoms with Crippen molar-refractivity contribution in [3.63, 3.8) is 0 Å². The number of benzene rings is 1. The standard InChI is InChI=1S/C16H24O2/c1-16(2)10-9-13-7-5-12(11-14(13)16)6-8-15(17-3)18-4/h5,7,11,15H,6,8-10H2,1-4H3. The highest BCUT2D eigenvalue weighted by Gasteiger charge is 2.29. The summed E-state index contributed by atoms with van der Waals surface area (Å²) in [6.07, 6.45) is 4.32. The maximum Gasteiger partial charge on any atom is 0.157 e. The second-order valence-electron chi connectivity index (χ2n) is 5.82. The van der Waals surface area contributed by atoms with Crippen LogP contribution >= 0.6 is 0 Å². The van der Waals surface area contributed by atoms with Crippen LogP contribution in [0.5, 0.6) is 0 Å². The molecule has 0 radical (unpaired) electrons. The third kappa shape index (κ3) is 2.76. The summed E-state index contributed by atoms with van der Waals surface area (Å²) < 4.78 is 10.5. The maximum atomic E-state index is 5.23. The Morgan fingerprint density at radius 2 is 1.94 bits per heavy atom. The molecule has 0 saturated carbocycles. The Labute approximate surface area is 110 Å². The van der Waals surface area contributed by atoms with Crippen molar-refractivity contribution in [2.24, 2.45) is 0 Å². The summed E-state index contributed by atoms with van der Waals surface area (Å²) >= 11 is 0. The van der Waals surface area contributed by atoms with Crippen molar-refractivity contribution in [3.05, 3.63) is 34.9 Å². The summed E-state index contributed by atoms with van der Waals surface area (Å²) in [5.74, 6) is 0. The summed E-state index contributed by atoms with van der Waals surface area (Å²) in [5, 5.41) is 0. The molecular weight excluding hydrogens is 224 g/mol. The molecule has 1 aromatic rings. The molecule has 0 atom stereocenters. The van der Waals surface area contributed by atoms with Crippen molar-refractivity contribution in [1.29, 1.82) is 0 Å². The highest BCUT2D eigenvalue weighted by molar-refractivity contribution is 5.41.